The number of rotatable bonds is 7. The van der Waals surface area contributed by atoms with Crippen molar-refractivity contribution in [2.75, 3.05) is 24.3 Å². The number of thioether (sulfide) groups is 1. The van der Waals surface area contributed by atoms with Gasteiger partial charge in [0, 0.05) is 12.1 Å². The smallest absolute Gasteiger partial charge is 0.416 e. The van der Waals surface area contributed by atoms with Crippen molar-refractivity contribution in [2.24, 2.45) is 0 Å². The summed E-state index contributed by atoms with van der Waals surface area (Å²) in [5, 5.41) is 6.51. The van der Waals surface area contributed by atoms with Crippen molar-refractivity contribution in [3.63, 3.8) is 0 Å². The number of carbonyl (C=O) groups excluding carboxylic acids is 1. The molecule has 1 amide bonds. The van der Waals surface area contributed by atoms with Gasteiger partial charge in [0.15, 0.2) is 11.5 Å². The molecule has 1 aromatic carbocycles. The highest BCUT2D eigenvalue weighted by Gasteiger charge is 2.31. The maximum atomic E-state index is 12.9. The molecule has 3 N–H and O–H groups in total. The molecule has 0 atom stereocenters. The van der Waals surface area contributed by atoms with Gasteiger partial charge in [-0.1, -0.05) is 17.3 Å². The van der Waals surface area contributed by atoms with E-state index in [1.165, 1.54) is 24.3 Å². The van der Waals surface area contributed by atoms with E-state index in [1.807, 2.05) is 6.26 Å². The van der Waals surface area contributed by atoms with Crippen LogP contribution in [-0.2, 0) is 6.18 Å². The minimum atomic E-state index is -4.46. The van der Waals surface area contributed by atoms with Gasteiger partial charge in [-0.05, 0) is 42.7 Å². The van der Waals surface area contributed by atoms with Gasteiger partial charge in [0.25, 0.3) is 5.91 Å². The lowest BCUT2D eigenvalue weighted by atomic mass is 10.1. The number of hydrogen-bond acceptors (Lipinski definition) is 6. The Hall–Kier alpha value is -2.88. The molecule has 0 radical (unpaired) electrons. The van der Waals surface area contributed by atoms with Crippen molar-refractivity contribution in [1.82, 2.24) is 10.5 Å². The summed E-state index contributed by atoms with van der Waals surface area (Å²) in [6.07, 6.45) is -1.71. The molecule has 0 aliphatic rings. The van der Waals surface area contributed by atoms with E-state index in [0.29, 0.717) is 6.54 Å². The molecule has 0 bridgehead atoms. The van der Waals surface area contributed by atoms with E-state index >= 15 is 0 Å². The van der Waals surface area contributed by atoms with Crippen LogP contribution in [0.1, 0.15) is 22.3 Å². The topological polar surface area (TPSA) is 94.3 Å². The Balaban J connectivity index is 1.86. The quantitative estimate of drug-likeness (QED) is 0.534. The van der Waals surface area contributed by atoms with Crippen LogP contribution in [0.15, 0.2) is 45.3 Å². The Labute approximate surface area is 168 Å². The number of nitrogens with one attached hydrogen (secondary N) is 1. The monoisotopic (exact) mass is 425 g/mol. The molecule has 6 nitrogen and oxygen atoms in total. The Morgan fingerprint density at radius 3 is 2.72 bits per heavy atom. The lowest BCUT2D eigenvalue weighted by molar-refractivity contribution is -0.137. The molecule has 3 aromatic rings. The standard InChI is InChI=1S/C19H18F3N3O3S/c1-29-9-3-8-24-18(26)15-16(25-28-17(15)23)14-7-6-13(27-14)11-4-2-5-12(10-11)19(20,21)22/h2,4-7,10H,3,8-9,23H2,1H3,(H,24,26). The van der Waals surface area contributed by atoms with Crippen molar-refractivity contribution in [1.29, 1.82) is 0 Å². The van der Waals surface area contributed by atoms with Crippen molar-refractivity contribution in [2.45, 2.75) is 12.6 Å². The second-order valence-electron chi connectivity index (χ2n) is 6.12. The minimum Gasteiger partial charge on any atom is -0.454 e. The number of hydrogen-bond donors (Lipinski definition) is 2. The van der Waals surface area contributed by atoms with Crippen molar-refractivity contribution in [3.8, 4) is 22.8 Å². The van der Waals surface area contributed by atoms with Crippen LogP contribution in [0.2, 0.25) is 0 Å². The van der Waals surface area contributed by atoms with Gasteiger partial charge in [0.2, 0.25) is 5.88 Å². The average molecular weight is 425 g/mol. The van der Waals surface area contributed by atoms with E-state index in [4.69, 9.17) is 14.7 Å². The number of carbonyl (C=O) groups is 1. The van der Waals surface area contributed by atoms with Gasteiger partial charge in [0.1, 0.15) is 11.3 Å². The summed E-state index contributed by atoms with van der Waals surface area (Å²) in [6, 6.07) is 7.74. The van der Waals surface area contributed by atoms with Crippen LogP contribution in [0.3, 0.4) is 0 Å². The average Bonchev–Trinajstić information content (AvgIpc) is 3.31. The van der Waals surface area contributed by atoms with Crippen LogP contribution in [-0.4, -0.2) is 29.6 Å². The number of furan rings is 1. The predicted molar refractivity (Wildman–Crippen MR) is 104 cm³/mol. The molecular weight excluding hydrogens is 407 g/mol. The summed E-state index contributed by atoms with van der Waals surface area (Å²) in [5.74, 6) is 0.618. The molecule has 0 fully saturated rings. The lowest BCUT2D eigenvalue weighted by Gasteiger charge is -2.07. The number of nitrogen functional groups attached to an aromatic ring is 1. The Bertz CT molecular complexity index is 998. The minimum absolute atomic E-state index is 0.0269. The first-order chi connectivity index (χ1) is 13.8. The van der Waals surface area contributed by atoms with Gasteiger partial charge in [0.05, 0.1) is 5.56 Å². The third-order valence-electron chi connectivity index (χ3n) is 4.07. The Morgan fingerprint density at radius 2 is 2.00 bits per heavy atom. The third kappa shape index (κ3) is 4.76. The summed E-state index contributed by atoms with van der Waals surface area (Å²) in [4.78, 5) is 12.5. The predicted octanol–water partition coefficient (Wildman–Crippen LogP) is 4.69. The second kappa shape index (κ2) is 8.64. The fourth-order valence-corrected chi connectivity index (χ4v) is 3.10. The van der Waals surface area contributed by atoms with E-state index in [1.54, 1.807) is 11.8 Å². The molecule has 2 heterocycles. The zero-order valence-electron chi connectivity index (χ0n) is 15.4. The molecule has 10 heteroatoms. The number of aromatic nitrogens is 1. The normalized spacial score (nSPS) is 11.6. The Kier molecular flexibility index (Phi) is 6.21. The highest BCUT2D eigenvalue weighted by atomic mass is 32.2. The maximum Gasteiger partial charge on any atom is 0.416 e. The van der Waals surface area contributed by atoms with E-state index in [-0.39, 0.29) is 34.2 Å². The van der Waals surface area contributed by atoms with Gasteiger partial charge < -0.3 is 20.0 Å². The fraction of sp³-hybridized carbons (Fsp3) is 0.263. The number of halogens is 3. The molecule has 0 saturated carbocycles. The first kappa shape index (κ1) is 20.8. The van der Waals surface area contributed by atoms with Crippen LogP contribution in [0.5, 0.6) is 0 Å². The van der Waals surface area contributed by atoms with Crippen molar-refractivity contribution >= 4 is 23.6 Å². The molecule has 0 aliphatic heterocycles. The van der Waals surface area contributed by atoms with Crippen molar-refractivity contribution in [3.05, 3.63) is 47.5 Å². The number of benzene rings is 1. The number of alkyl halides is 3. The number of nitrogens with zero attached hydrogens (tertiary/aromatic N) is 1. The van der Waals surface area contributed by atoms with Gasteiger partial charge in [-0.15, -0.1) is 0 Å². The zero-order valence-corrected chi connectivity index (χ0v) is 16.2. The summed E-state index contributed by atoms with van der Waals surface area (Å²) in [7, 11) is 0. The number of nitrogens with two attached hydrogens (primary N) is 1. The lowest BCUT2D eigenvalue weighted by Crippen LogP contribution is -2.25. The molecule has 29 heavy (non-hydrogen) atoms. The highest BCUT2D eigenvalue weighted by molar-refractivity contribution is 7.98. The molecular formula is C19H18F3N3O3S. The zero-order chi connectivity index (χ0) is 21.0. The third-order valence-corrected chi connectivity index (χ3v) is 4.77. The Morgan fingerprint density at radius 1 is 1.24 bits per heavy atom. The van der Waals surface area contributed by atoms with Crippen LogP contribution in [0.25, 0.3) is 22.8 Å². The second-order valence-corrected chi connectivity index (χ2v) is 7.10. The summed E-state index contributed by atoms with van der Waals surface area (Å²) >= 11 is 1.66. The fourth-order valence-electron chi connectivity index (χ4n) is 2.67. The molecule has 154 valence electrons. The van der Waals surface area contributed by atoms with Crippen LogP contribution < -0.4 is 11.1 Å². The molecule has 0 aliphatic carbocycles. The first-order valence-corrected chi connectivity index (χ1v) is 10.0. The molecule has 2 aromatic heterocycles. The largest absolute Gasteiger partial charge is 0.454 e. The highest BCUT2D eigenvalue weighted by Crippen LogP contribution is 2.35. The first-order valence-electron chi connectivity index (χ1n) is 8.61. The van der Waals surface area contributed by atoms with Crippen molar-refractivity contribution < 1.29 is 26.9 Å². The molecule has 0 spiro atoms. The molecule has 0 unspecified atom stereocenters. The van der Waals surface area contributed by atoms with Crippen LogP contribution in [0, 0.1) is 0 Å². The van der Waals surface area contributed by atoms with Gasteiger partial charge >= 0.3 is 6.18 Å². The van der Waals surface area contributed by atoms with Gasteiger partial charge in [-0.2, -0.15) is 24.9 Å². The molecule has 0 saturated heterocycles. The number of amides is 1. The van der Waals surface area contributed by atoms with Crippen LogP contribution in [0.4, 0.5) is 19.1 Å². The van der Waals surface area contributed by atoms with E-state index in [9.17, 15) is 18.0 Å². The summed E-state index contributed by atoms with van der Waals surface area (Å²) < 4.78 is 49.4. The molecule has 3 rings (SSSR count). The maximum absolute atomic E-state index is 12.9. The number of anilines is 1. The SMILES string of the molecule is CSCCCNC(=O)c1c(-c2ccc(-c3cccc(C(F)(F)F)c3)o2)noc1N. The van der Waals surface area contributed by atoms with E-state index in [0.717, 1.165) is 24.3 Å². The summed E-state index contributed by atoms with van der Waals surface area (Å²) in [6.45, 7) is 0.456. The van der Waals surface area contributed by atoms with Gasteiger partial charge in [-0.3, -0.25) is 4.79 Å². The van der Waals surface area contributed by atoms with Gasteiger partial charge in [-0.25, -0.2) is 0 Å². The van der Waals surface area contributed by atoms with E-state index < -0.39 is 17.6 Å². The van der Waals surface area contributed by atoms with E-state index in [2.05, 4.69) is 10.5 Å². The summed E-state index contributed by atoms with van der Waals surface area (Å²) in [5.41, 5.74) is 5.30. The van der Waals surface area contributed by atoms with Crippen LogP contribution >= 0.6 is 11.8 Å².